The Bertz CT molecular complexity index is 676. The second-order valence-corrected chi connectivity index (χ2v) is 7.71. The van der Waals surface area contributed by atoms with E-state index < -0.39 is 0 Å². The van der Waals surface area contributed by atoms with Crippen LogP contribution >= 0.6 is 15.9 Å². The number of benzene rings is 1. The van der Waals surface area contributed by atoms with E-state index in [0.29, 0.717) is 22.7 Å². The second kappa shape index (κ2) is 6.75. The number of phenolic OH excluding ortho intramolecular Hbond substituents is 1. The van der Waals surface area contributed by atoms with Crippen molar-refractivity contribution in [2.24, 2.45) is 22.4 Å². The van der Waals surface area contributed by atoms with Crippen LogP contribution in [0.15, 0.2) is 21.7 Å². The van der Waals surface area contributed by atoms with Gasteiger partial charge in [-0.05, 0) is 64.7 Å². The first-order valence-corrected chi connectivity index (χ1v) is 9.25. The van der Waals surface area contributed by atoms with Crippen molar-refractivity contribution in [1.82, 2.24) is 5.43 Å². The molecule has 1 aromatic rings. The maximum absolute atomic E-state index is 12.4. The fourth-order valence-electron chi connectivity index (χ4n) is 4.02. The highest BCUT2D eigenvalue weighted by Gasteiger charge is 2.64. The van der Waals surface area contributed by atoms with Crippen LogP contribution in [-0.4, -0.2) is 23.8 Å². The number of halogens is 1. The quantitative estimate of drug-likeness (QED) is 0.588. The fourth-order valence-corrected chi connectivity index (χ4v) is 4.48. The number of carbonyl (C=O) groups is 1. The van der Waals surface area contributed by atoms with Crippen molar-refractivity contribution in [1.29, 1.82) is 0 Å². The van der Waals surface area contributed by atoms with Crippen LogP contribution in [0.25, 0.3) is 0 Å². The molecule has 1 amide bonds. The van der Waals surface area contributed by atoms with E-state index in [1.807, 2.05) is 6.92 Å². The van der Waals surface area contributed by atoms with Gasteiger partial charge in [-0.15, -0.1) is 0 Å². The molecule has 3 atom stereocenters. The van der Waals surface area contributed by atoms with E-state index in [4.69, 9.17) is 4.74 Å². The van der Waals surface area contributed by atoms with E-state index in [9.17, 15) is 9.90 Å². The summed E-state index contributed by atoms with van der Waals surface area (Å²) in [4.78, 5) is 12.4. The van der Waals surface area contributed by atoms with Crippen molar-refractivity contribution in [2.45, 2.75) is 39.5 Å². The van der Waals surface area contributed by atoms with Gasteiger partial charge in [0.2, 0.25) is 5.91 Å². The number of nitrogens with one attached hydrogen (secondary N) is 1. The highest BCUT2D eigenvalue weighted by atomic mass is 79.9. The van der Waals surface area contributed by atoms with Gasteiger partial charge in [-0.2, -0.15) is 5.10 Å². The van der Waals surface area contributed by atoms with E-state index in [0.717, 1.165) is 18.4 Å². The van der Waals surface area contributed by atoms with Gasteiger partial charge >= 0.3 is 0 Å². The van der Waals surface area contributed by atoms with Crippen molar-refractivity contribution in [3.63, 3.8) is 0 Å². The van der Waals surface area contributed by atoms with Gasteiger partial charge in [0, 0.05) is 5.92 Å². The summed E-state index contributed by atoms with van der Waals surface area (Å²) < 4.78 is 5.91. The third-order valence-electron chi connectivity index (χ3n) is 5.35. The average molecular weight is 395 g/mol. The molecule has 0 saturated heterocycles. The molecule has 3 unspecified atom stereocenters. The maximum Gasteiger partial charge on any atom is 0.244 e. The summed E-state index contributed by atoms with van der Waals surface area (Å²) in [5, 5.41) is 14.0. The number of hydrazone groups is 1. The number of phenols is 1. The zero-order valence-electron chi connectivity index (χ0n) is 14.0. The van der Waals surface area contributed by atoms with Gasteiger partial charge in [0.25, 0.3) is 0 Å². The Morgan fingerprint density at radius 1 is 1.54 bits per heavy atom. The minimum absolute atomic E-state index is 0.0172. The number of carbonyl (C=O) groups excluding carboxylic acids is 1. The Morgan fingerprint density at radius 2 is 2.33 bits per heavy atom. The number of fused-ring (bicyclic) bond motifs is 1. The van der Waals surface area contributed by atoms with Crippen LogP contribution in [-0.2, 0) is 4.79 Å². The Balaban J connectivity index is 1.63. The molecular formula is C18H23BrN2O3. The lowest BCUT2D eigenvalue weighted by molar-refractivity contribution is -0.123. The number of aromatic hydroxyl groups is 1. The summed E-state index contributed by atoms with van der Waals surface area (Å²) >= 11 is 3.29. The third-order valence-corrected chi connectivity index (χ3v) is 5.96. The van der Waals surface area contributed by atoms with Crippen LogP contribution in [0.5, 0.6) is 11.5 Å². The van der Waals surface area contributed by atoms with Crippen LogP contribution in [0.3, 0.4) is 0 Å². The van der Waals surface area contributed by atoms with Crippen molar-refractivity contribution in [3.05, 3.63) is 22.2 Å². The molecule has 0 aromatic heterocycles. The summed E-state index contributed by atoms with van der Waals surface area (Å²) in [6.07, 6.45) is 6.32. The molecule has 2 saturated carbocycles. The summed E-state index contributed by atoms with van der Waals surface area (Å²) in [5.74, 6) is 1.09. The summed E-state index contributed by atoms with van der Waals surface area (Å²) in [6, 6.07) is 3.42. The Morgan fingerprint density at radius 3 is 3.00 bits per heavy atom. The fraction of sp³-hybridized carbons (Fsp3) is 0.556. The topological polar surface area (TPSA) is 70.9 Å². The summed E-state index contributed by atoms with van der Waals surface area (Å²) in [6.45, 7) is 4.53. The molecule has 0 spiro atoms. The average Bonchev–Trinajstić information content (AvgIpc) is 3.18. The van der Waals surface area contributed by atoms with Gasteiger partial charge < -0.3 is 9.84 Å². The van der Waals surface area contributed by atoms with Gasteiger partial charge in [-0.25, -0.2) is 5.43 Å². The van der Waals surface area contributed by atoms with Crippen molar-refractivity contribution < 1.29 is 14.6 Å². The van der Waals surface area contributed by atoms with Crippen molar-refractivity contribution in [2.75, 3.05) is 6.61 Å². The zero-order chi connectivity index (χ0) is 17.3. The summed E-state index contributed by atoms with van der Waals surface area (Å²) in [7, 11) is 0. The molecule has 3 rings (SSSR count). The zero-order valence-corrected chi connectivity index (χ0v) is 15.6. The van der Waals surface area contributed by atoms with Crippen molar-refractivity contribution in [3.8, 4) is 11.5 Å². The lowest BCUT2D eigenvalue weighted by Crippen LogP contribution is -2.22. The van der Waals surface area contributed by atoms with E-state index >= 15 is 0 Å². The van der Waals surface area contributed by atoms with Crippen molar-refractivity contribution >= 4 is 28.1 Å². The van der Waals surface area contributed by atoms with Crippen LogP contribution in [0.1, 0.15) is 45.1 Å². The van der Waals surface area contributed by atoms with Gasteiger partial charge in [0.05, 0.1) is 17.3 Å². The molecule has 2 aliphatic rings. The third kappa shape index (κ3) is 3.16. The number of nitrogens with zero attached hydrogens (tertiary/aromatic N) is 1. The van der Waals surface area contributed by atoms with E-state index in [-0.39, 0.29) is 23.0 Å². The Labute approximate surface area is 150 Å². The molecule has 0 heterocycles. The number of ether oxygens (including phenoxy) is 1. The standard InChI is InChI=1S/C18H23BrN2O3/c1-3-24-14-9-11(8-13(19)16(14)22)10-20-21-17(23)15-12-6-4-5-7-18(12,15)2/h8-10,12,15,22H,3-7H2,1-2H3,(H,21,23)/b20-10+. The first-order chi connectivity index (χ1) is 11.5. The number of hydrogen-bond acceptors (Lipinski definition) is 4. The van der Waals surface area contributed by atoms with Gasteiger partial charge in [-0.1, -0.05) is 19.8 Å². The molecule has 0 radical (unpaired) electrons. The predicted octanol–water partition coefficient (Wildman–Crippen LogP) is 3.83. The number of amides is 1. The predicted molar refractivity (Wildman–Crippen MR) is 96.3 cm³/mol. The molecule has 6 heteroatoms. The van der Waals surface area contributed by atoms with E-state index in [2.05, 4.69) is 33.4 Å². The normalized spacial score (nSPS) is 28.5. The van der Waals surface area contributed by atoms with Crippen LogP contribution in [0.4, 0.5) is 0 Å². The van der Waals surface area contributed by atoms with Gasteiger partial charge in [0.15, 0.2) is 11.5 Å². The Hall–Kier alpha value is -1.56. The molecule has 1 aromatic carbocycles. The highest BCUT2D eigenvalue weighted by Crippen LogP contribution is 2.66. The van der Waals surface area contributed by atoms with Crippen LogP contribution < -0.4 is 10.2 Å². The first-order valence-electron chi connectivity index (χ1n) is 8.45. The second-order valence-electron chi connectivity index (χ2n) is 6.85. The van der Waals surface area contributed by atoms with E-state index in [1.54, 1.807) is 18.3 Å². The maximum atomic E-state index is 12.4. The summed E-state index contributed by atoms with van der Waals surface area (Å²) in [5.41, 5.74) is 3.59. The molecule has 2 fully saturated rings. The minimum atomic E-state index is 0.0172. The molecular weight excluding hydrogens is 372 g/mol. The molecule has 24 heavy (non-hydrogen) atoms. The molecule has 2 aliphatic carbocycles. The lowest BCUT2D eigenvalue weighted by Gasteiger charge is -2.15. The Kier molecular flexibility index (Phi) is 4.85. The molecule has 2 N–H and O–H groups in total. The van der Waals surface area contributed by atoms with E-state index in [1.165, 1.54) is 12.8 Å². The van der Waals surface area contributed by atoms with Crippen LogP contribution in [0, 0.1) is 17.3 Å². The lowest BCUT2D eigenvalue weighted by atomic mass is 9.90. The smallest absolute Gasteiger partial charge is 0.244 e. The van der Waals surface area contributed by atoms with Crippen LogP contribution in [0.2, 0.25) is 0 Å². The molecule has 0 bridgehead atoms. The molecule has 0 aliphatic heterocycles. The minimum Gasteiger partial charge on any atom is -0.503 e. The molecule has 130 valence electrons. The molecule has 5 nitrogen and oxygen atoms in total. The monoisotopic (exact) mass is 394 g/mol. The number of rotatable bonds is 5. The number of hydrogen-bond donors (Lipinski definition) is 2. The SMILES string of the molecule is CCOc1cc(/C=N/NC(=O)C2C3CCCCC32C)cc(Br)c1O. The van der Waals surface area contributed by atoms with Gasteiger partial charge in [-0.3, -0.25) is 4.79 Å². The van der Waals surface area contributed by atoms with Gasteiger partial charge in [0.1, 0.15) is 0 Å². The first kappa shape index (κ1) is 17.3. The largest absolute Gasteiger partial charge is 0.503 e. The highest BCUT2D eigenvalue weighted by molar-refractivity contribution is 9.10.